The second-order valence-corrected chi connectivity index (χ2v) is 5.31. The van der Waals surface area contributed by atoms with Crippen LogP contribution >= 0.6 is 0 Å². The van der Waals surface area contributed by atoms with Crippen molar-refractivity contribution in [2.45, 2.75) is 13.0 Å². The van der Waals surface area contributed by atoms with E-state index in [0.717, 1.165) is 0 Å². The summed E-state index contributed by atoms with van der Waals surface area (Å²) in [5.74, 6) is -0.191. The minimum atomic E-state index is -0.930. The molecular weight excluding hydrogens is 204 g/mol. The Morgan fingerprint density at radius 3 is 2.45 bits per heavy atom. The monoisotopic (exact) mass is 215 g/mol. The highest BCUT2D eigenvalue weighted by molar-refractivity contribution is 8.44. The zero-order valence-corrected chi connectivity index (χ0v) is 8.55. The number of aliphatic hydroxyl groups excluding tert-OH is 2. The van der Waals surface area contributed by atoms with Crippen molar-refractivity contribution in [2.24, 2.45) is 5.92 Å². The van der Waals surface area contributed by atoms with Crippen LogP contribution in [-0.4, -0.2) is 29.5 Å². The molecule has 0 saturated heterocycles. The summed E-state index contributed by atoms with van der Waals surface area (Å²) in [7, 11) is -0.930. The first-order chi connectivity index (χ1) is 5.07. The Labute approximate surface area is 77.4 Å². The highest BCUT2D eigenvalue weighted by Gasteiger charge is 2.10. The van der Waals surface area contributed by atoms with Crippen LogP contribution in [0.4, 0.5) is 0 Å². The maximum absolute atomic E-state index is 9.19. The molecule has 0 saturated carbocycles. The van der Waals surface area contributed by atoms with Gasteiger partial charge in [-0.15, -0.1) is 0 Å². The predicted molar refractivity (Wildman–Crippen MR) is 50.3 cm³/mol. The molecule has 0 rings (SSSR count). The summed E-state index contributed by atoms with van der Waals surface area (Å²) in [5.41, 5.74) is 0. The molecule has 0 spiro atoms. The quantitative estimate of drug-likeness (QED) is 0.603. The molecule has 11 heavy (non-hydrogen) atoms. The zero-order chi connectivity index (χ0) is 8.85. The predicted octanol–water partition coefficient (Wildman–Crippen LogP) is -0.551. The lowest BCUT2D eigenvalue weighted by Gasteiger charge is -2.18. The Bertz CT molecular complexity index is 160. The standard InChI is InChI=1S/C5H11O3S3/c1-4(2-6)5(7)3-8-11(9)10/h4-7H,2-3H2,1H3/q-1/t4?,5-/m1/s1. The number of hydrogen-bond acceptors (Lipinski definition) is 6. The van der Waals surface area contributed by atoms with Gasteiger partial charge in [0.2, 0.25) is 0 Å². The summed E-state index contributed by atoms with van der Waals surface area (Å²) in [6, 6.07) is 0. The van der Waals surface area contributed by atoms with Crippen LogP contribution in [0, 0.1) is 5.92 Å². The van der Waals surface area contributed by atoms with Crippen LogP contribution in [0.3, 0.4) is 0 Å². The number of hydrogen-bond donors (Lipinski definition) is 2. The van der Waals surface area contributed by atoms with Gasteiger partial charge in [0, 0.05) is 19.1 Å². The van der Waals surface area contributed by atoms with Crippen molar-refractivity contribution in [3.63, 3.8) is 0 Å². The van der Waals surface area contributed by atoms with Gasteiger partial charge in [0.05, 0.1) is 6.10 Å². The minimum absolute atomic E-state index is 0.0623. The molecule has 1 unspecified atom stereocenters. The van der Waals surface area contributed by atoms with Crippen LogP contribution in [0.15, 0.2) is 0 Å². The smallest absolute Gasteiger partial charge is 0.0800 e. The Balaban J connectivity index is 3.59. The summed E-state index contributed by atoms with van der Waals surface area (Å²) in [6.45, 7) is 1.77. The van der Waals surface area contributed by atoms with Crippen molar-refractivity contribution in [1.82, 2.24) is 0 Å². The average Bonchev–Trinajstić information content (AvgIpc) is 1.98. The van der Waals surface area contributed by atoms with Gasteiger partial charge >= 0.3 is 0 Å². The lowest BCUT2D eigenvalue weighted by Crippen LogP contribution is -2.25. The molecule has 0 radical (unpaired) electrons. The van der Waals surface area contributed by atoms with Crippen molar-refractivity contribution in [3.8, 4) is 0 Å². The topological polar surface area (TPSA) is 49.7 Å². The molecule has 68 valence electrons. The van der Waals surface area contributed by atoms with Gasteiger partial charge in [0.25, 0.3) is 0 Å². The summed E-state index contributed by atoms with van der Waals surface area (Å²) < 4.78 is 4.82. The molecule has 0 bridgehead atoms. The van der Waals surface area contributed by atoms with Gasteiger partial charge in [-0.25, -0.2) is 30.7 Å². The van der Waals surface area contributed by atoms with Crippen molar-refractivity contribution >= 4 is 30.7 Å². The van der Waals surface area contributed by atoms with Gasteiger partial charge in [-0.1, -0.05) is 6.92 Å². The van der Waals surface area contributed by atoms with Crippen molar-refractivity contribution < 1.29 is 14.4 Å². The molecular formula is C5H11O3S3-. The van der Waals surface area contributed by atoms with Crippen molar-refractivity contribution in [2.75, 3.05) is 13.2 Å². The Morgan fingerprint density at radius 1 is 1.55 bits per heavy atom. The van der Waals surface area contributed by atoms with Crippen LogP contribution in [0.1, 0.15) is 6.92 Å². The van der Waals surface area contributed by atoms with Crippen molar-refractivity contribution in [1.29, 1.82) is 0 Å². The molecule has 0 aromatic heterocycles. The molecule has 2 atom stereocenters. The van der Waals surface area contributed by atoms with Gasteiger partial charge in [-0.3, -0.25) is 0 Å². The van der Waals surface area contributed by atoms with Gasteiger partial charge in [0.15, 0.2) is 0 Å². The summed E-state index contributed by atoms with van der Waals surface area (Å²) in [4.78, 5) is 0. The highest BCUT2D eigenvalue weighted by atomic mass is 33.1. The maximum Gasteiger partial charge on any atom is 0.0800 e. The third-order valence-corrected chi connectivity index (χ3v) is 2.19. The fourth-order valence-corrected chi connectivity index (χ4v) is 0.995. The largest absolute Gasteiger partial charge is 0.464 e. The van der Waals surface area contributed by atoms with E-state index < -0.39 is 14.4 Å². The first-order valence-corrected chi connectivity index (χ1v) is 6.09. The van der Waals surface area contributed by atoms with E-state index in [1.165, 1.54) is 0 Å². The molecule has 6 heteroatoms. The normalized spacial score (nSPS) is 16.7. The van der Waals surface area contributed by atoms with E-state index in [1.54, 1.807) is 6.92 Å². The van der Waals surface area contributed by atoms with E-state index in [4.69, 9.17) is 9.29 Å². The van der Waals surface area contributed by atoms with Crippen LogP contribution < -0.4 is 0 Å². The summed E-state index contributed by atoms with van der Waals surface area (Å²) in [6.07, 6.45) is -0.680. The van der Waals surface area contributed by atoms with E-state index in [2.05, 4.69) is 22.4 Å². The second-order valence-electron chi connectivity index (χ2n) is 2.22. The Hall–Kier alpha value is 0.670. The van der Waals surface area contributed by atoms with Crippen molar-refractivity contribution in [3.05, 3.63) is 0 Å². The van der Waals surface area contributed by atoms with E-state index in [0.29, 0.717) is 0 Å². The molecule has 0 aliphatic carbocycles. The van der Waals surface area contributed by atoms with Crippen LogP contribution in [0.2, 0.25) is 0 Å². The maximum atomic E-state index is 9.19. The fraction of sp³-hybridized carbons (Fsp3) is 1.00. The zero-order valence-electron chi connectivity index (χ0n) is 6.10. The lowest BCUT2D eigenvalue weighted by molar-refractivity contribution is 0.0447. The van der Waals surface area contributed by atoms with Crippen LogP contribution in [0.5, 0.6) is 0 Å². The number of aliphatic hydroxyl groups is 2. The van der Waals surface area contributed by atoms with E-state index in [1.807, 2.05) is 0 Å². The molecule has 2 N–H and O–H groups in total. The summed E-state index contributed by atoms with van der Waals surface area (Å²) in [5, 5.41) is 17.8. The van der Waals surface area contributed by atoms with Gasteiger partial charge in [-0.05, 0) is 0 Å². The first kappa shape index (κ1) is 11.7. The SMILES string of the molecule is CC(CO)[C@H](O)CO[S-](=S)=S. The van der Waals surface area contributed by atoms with E-state index >= 15 is 0 Å². The van der Waals surface area contributed by atoms with E-state index in [9.17, 15) is 5.11 Å². The lowest BCUT2D eigenvalue weighted by atomic mass is 10.1. The van der Waals surface area contributed by atoms with Gasteiger partial charge in [0.1, 0.15) is 0 Å². The highest BCUT2D eigenvalue weighted by Crippen LogP contribution is 2.01. The van der Waals surface area contributed by atoms with Crippen LogP contribution in [0.25, 0.3) is 0 Å². The molecule has 0 aliphatic heterocycles. The number of rotatable bonds is 5. The van der Waals surface area contributed by atoms with Gasteiger partial charge in [-0.2, -0.15) is 0 Å². The molecule has 0 fully saturated rings. The van der Waals surface area contributed by atoms with E-state index in [-0.39, 0.29) is 19.1 Å². The molecule has 0 aliphatic rings. The Kier molecular flexibility index (Phi) is 6.59. The molecule has 0 amide bonds. The Morgan fingerprint density at radius 2 is 2.09 bits per heavy atom. The summed E-state index contributed by atoms with van der Waals surface area (Å²) >= 11 is 9.13. The third kappa shape index (κ3) is 5.89. The molecule has 0 aromatic carbocycles. The minimum Gasteiger partial charge on any atom is -0.464 e. The molecule has 0 heterocycles. The average molecular weight is 215 g/mol. The third-order valence-electron chi connectivity index (χ3n) is 1.28. The molecule has 3 nitrogen and oxygen atoms in total. The van der Waals surface area contributed by atoms with Gasteiger partial charge < -0.3 is 14.4 Å². The van der Waals surface area contributed by atoms with Crippen LogP contribution in [-0.2, 0) is 34.9 Å². The second kappa shape index (κ2) is 6.22. The molecule has 0 aromatic rings. The first-order valence-electron chi connectivity index (χ1n) is 3.09. The fourth-order valence-electron chi connectivity index (χ4n) is 0.411.